The van der Waals surface area contributed by atoms with Gasteiger partial charge in [-0.15, -0.1) is 10.2 Å². The van der Waals surface area contributed by atoms with Crippen LogP contribution in [0.15, 0.2) is 11.5 Å². The van der Waals surface area contributed by atoms with E-state index in [1.54, 1.807) is 13.4 Å². The van der Waals surface area contributed by atoms with Crippen LogP contribution in [-0.4, -0.2) is 46.2 Å². The van der Waals surface area contributed by atoms with E-state index in [-0.39, 0.29) is 11.2 Å². The lowest BCUT2D eigenvalue weighted by molar-refractivity contribution is -0.120. The number of amides is 1. The highest BCUT2D eigenvalue weighted by Crippen LogP contribution is 2.20. The van der Waals surface area contributed by atoms with Crippen molar-refractivity contribution in [3.05, 3.63) is 6.33 Å². The van der Waals surface area contributed by atoms with Gasteiger partial charge in [0.25, 0.3) is 0 Å². The van der Waals surface area contributed by atoms with Gasteiger partial charge in [0.1, 0.15) is 6.33 Å². The molecule has 18 heavy (non-hydrogen) atoms. The second-order valence-electron chi connectivity index (χ2n) is 3.85. The van der Waals surface area contributed by atoms with Crippen molar-refractivity contribution >= 4 is 17.7 Å². The molecular formula is C11H20N4O2S. The molecule has 1 unspecified atom stereocenters. The van der Waals surface area contributed by atoms with Crippen LogP contribution in [-0.2, 0) is 16.1 Å². The van der Waals surface area contributed by atoms with Gasteiger partial charge < -0.3 is 14.6 Å². The first-order valence-corrected chi connectivity index (χ1v) is 6.88. The highest BCUT2D eigenvalue weighted by molar-refractivity contribution is 8.00. The van der Waals surface area contributed by atoms with Crippen molar-refractivity contribution in [2.45, 2.75) is 37.2 Å². The number of hydrogen-bond acceptors (Lipinski definition) is 5. The molecule has 1 amide bonds. The molecule has 0 bridgehead atoms. The molecular weight excluding hydrogens is 252 g/mol. The third kappa shape index (κ3) is 4.66. The van der Waals surface area contributed by atoms with Crippen LogP contribution in [0.3, 0.4) is 0 Å². The second-order valence-corrected chi connectivity index (χ2v) is 5.16. The first-order chi connectivity index (χ1) is 8.69. The van der Waals surface area contributed by atoms with Gasteiger partial charge in [-0.25, -0.2) is 0 Å². The number of rotatable bonds is 8. The van der Waals surface area contributed by atoms with Crippen molar-refractivity contribution in [1.29, 1.82) is 0 Å². The zero-order valence-electron chi connectivity index (χ0n) is 11.0. The minimum atomic E-state index is -0.179. The minimum absolute atomic E-state index is 0.0307. The van der Waals surface area contributed by atoms with Crippen LogP contribution in [0.5, 0.6) is 0 Å². The summed E-state index contributed by atoms with van der Waals surface area (Å²) < 4.78 is 6.90. The first-order valence-electron chi connectivity index (χ1n) is 6.00. The fourth-order valence-electron chi connectivity index (χ4n) is 1.28. The summed E-state index contributed by atoms with van der Waals surface area (Å²) in [6.07, 6.45) is 2.59. The summed E-state index contributed by atoms with van der Waals surface area (Å²) in [6, 6.07) is 0. The third-order valence-electron chi connectivity index (χ3n) is 2.32. The van der Waals surface area contributed by atoms with Crippen molar-refractivity contribution in [3.8, 4) is 0 Å². The van der Waals surface area contributed by atoms with Gasteiger partial charge in [0.2, 0.25) is 5.91 Å². The van der Waals surface area contributed by atoms with Crippen LogP contribution in [0.25, 0.3) is 0 Å². The fourth-order valence-corrected chi connectivity index (χ4v) is 2.16. The van der Waals surface area contributed by atoms with Gasteiger partial charge >= 0.3 is 0 Å². The third-order valence-corrected chi connectivity index (χ3v) is 3.41. The molecule has 1 aromatic heterocycles. The summed E-state index contributed by atoms with van der Waals surface area (Å²) in [5.74, 6) is 0.0307. The maximum absolute atomic E-state index is 11.7. The predicted octanol–water partition coefficient (Wildman–Crippen LogP) is 0.931. The first kappa shape index (κ1) is 15.0. The Morgan fingerprint density at radius 1 is 1.67 bits per heavy atom. The molecule has 1 aromatic rings. The number of ether oxygens (including phenoxy) is 1. The standard InChI is InChI=1S/C11H20N4O2S/c1-4-5-12-10(16)9(2)18-11-14-13-8-15(11)6-7-17-3/h8-9H,4-7H2,1-3H3,(H,12,16). The molecule has 0 radical (unpaired) electrons. The quantitative estimate of drug-likeness (QED) is 0.713. The molecule has 0 spiro atoms. The number of carbonyl (C=O) groups is 1. The molecule has 6 nitrogen and oxygen atoms in total. The van der Waals surface area contributed by atoms with Gasteiger partial charge in [-0.2, -0.15) is 0 Å². The van der Waals surface area contributed by atoms with Crippen LogP contribution >= 0.6 is 11.8 Å². The predicted molar refractivity (Wildman–Crippen MR) is 70.5 cm³/mol. The summed E-state index contributed by atoms with van der Waals surface area (Å²) in [6.45, 7) is 5.89. The van der Waals surface area contributed by atoms with Gasteiger partial charge in [0, 0.05) is 20.2 Å². The summed E-state index contributed by atoms with van der Waals surface area (Å²) in [7, 11) is 1.65. The molecule has 102 valence electrons. The zero-order valence-corrected chi connectivity index (χ0v) is 11.9. The summed E-state index contributed by atoms with van der Waals surface area (Å²) in [4.78, 5) is 11.7. The Morgan fingerprint density at radius 3 is 3.11 bits per heavy atom. The van der Waals surface area contributed by atoms with Crippen molar-refractivity contribution in [1.82, 2.24) is 20.1 Å². The average Bonchev–Trinajstić information content (AvgIpc) is 2.80. The Morgan fingerprint density at radius 2 is 2.44 bits per heavy atom. The Labute approximate surface area is 111 Å². The SMILES string of the molecule is CCCNC(=O)C(C)Sc1nncn1CCOC. The van der Waals surface area contributed by atoms with E-state index >= 15 is 0 Å². The Bertz CT molecular complexity index is 370. The van der Waals surface area contributed by atoms with Crippen molar-refractivity contribution in [3.63, 3.8) is 0 Å². The van der Waals surface area contributed by atoms with E-state index in [2.05, 4.69) is 15.5 Å². The second kappa shape index (κ2) is 8.10. The summed E-state index contributed by atoms with van der Waals surface area (Å²) in [5, 5.41) is 11.3. The van der Waals surface area contributed by atoms with Gasteiger partial charge in [-0.05, 0) is 13.3 Å². The number of methoxy groups -OCH3 is 1. The Hall–Kier alpha value is -1.08. The lowest BCUT2D eigenvalue weighted by Gasteiger charge is -2.11. The molecule has 1 atom stereocenters. The Kier molecular flexibility index (Phi) is 6.74. The van der Waals surface area contributed by atoms with Crippen LogP contribution in [0.2, 0.25) is 0 Å². The van der Waals surface area contributed by atoms with Crippen LogP contribution in [0.1, 0.15) is 20.3 Å². The van der Waals surface area contributed by atoms with Crippen LogP contribution in [0.4, 0.5) is 0 Å². The highest BCUT2D eigenvalue weighted by atomic mass is 32.2. The lowest BCUT2D eigenvalue weighted by Crippen LogP contribution is -2.31. The molecule has 1 heterocycles. The van der Waals surface area contributed by atoms with E-state index in [1.807, 2.05) is 18.4 Å². The van der Waals surface area contributed by atoms with Gasteiger partial charge in [0.15, 0.2) is 5.16 Å². The molecule has 0 aliphatic heterocycles. The molecule has 0 aromatic carbocycles. The van der Waals surface area contributed by atoms with Gasteiger partial charge in [-0.3, -0.25) is 4.79 Å². The smallest absolute Gasteiger partial charge is 0.233 e. The molecule has 7 heteroatoms. The Balaban J connectivity index is 2.50. The number of carbonyl (C=O) groups excluding carboxylic acids is 1. The maximum Gasteiger partial charge on any atom is 0.233 e. The van der Waals surface area contributed by atoms with E-state index in [1.165, 1.54) is 11.8 Å². The average molecular weight is 272 g/mol. The normalized spacial score (nSPS) is 12.4. The highest BCUT2D eigenvalue weighted by Gasteiger charge is 2.17. The molecule has 0 aliphatic rings. The monoisotopic (exact) mass is 272 g/mol. The maximum atomic E-state index is 11.7. The number of thioether (sulfide) groups is 1. The number of hydrogen-bond donors (Lipinski definition) is 1. The fraction of sp³-hybridized carbons (Fsp3) is 0.727. The summed E-state index contributed by atoms with van der Waals surface area (Å²) >= 11 is 1.41. The van der Waals surface area contributed by atoms with Gasteiger partial charge in [0.05, 0.1) is 11.9 Å². The van der Waals surface area contributed by atoms with Crippen molar-refractivity contribution in [2.24, 2.45) is 0 Å². The molecule has 0 fully saturated rings. The molecule has 0 saturated carbocycles. The number of nitrogens with one attached hydrogen (secondary N) is 1. The molecule has 1 rings (SSSR count). The van der Waals surface area contributed by atoms with Crippen molar-refractivity contribution < 1.29 is 9.53 Å². The number of aromatic nitrogens is 3. The van der Waals surface area contributed by atoms with E-state index in [0.29, 0.717) is 19.7 Å². The molecule has 0 aliphatic carbocycles. The largest absolute Gasteiger partial charge is 0.383 e. The molecule has 1 N–H and O–H groups in total. The van der Waals surface area contributed by atoms with Crippen LogP contribution in [0, 0.1) is 0 Å². The zero-order chi connectivity index (χ0) is 13.4. The van der Waals surface area contributed by atoms with Gasteiger partial charge in [-0.1, -0.05) is 18.7 Å². The van der Waals surface area contributed by atoms with E-state index in [9.17, 15) is 4.79 Å². The van der Waals surface area contributed by atoms with Crippen LogP contribution < -0.4 is 5.32 Å². The minimum Gasteiger partial charge on any atom is -0.383 e. The lowest BCUT2D eigenvalue weighted by atomic mass is 10.4. The summed E-state index contributed by atoms with van der Waals surface area (Å²) in [5.41, 5.74) is 0. The number of nitrogens with zero attached hydrogens (tertiary/aromatic N) is 3. The van der Waals surface area contributed by atoms with E-state index < -0.39 is 0 Å². The van der Waals surface area contributed by atoms with E-state index in [4.69, 9.17) is 4.74 Å². The molecule has 0 saturated heterocycles. The van der Waals surface area contributed by atoms with Crippen molar-refractivity contribution in [2.75, 3.05) is 20.3 Å². The topological polar surface area (TPSA) is 69.0 Å². The van der Waals surface area contributed by atoms with E-state index in [0.717, 1.165) is 11.6 Å².